The van der Waals surface area contributed by atoms with E-state index in [4.69, 9.17) is 10.5 Å². The SMILES string of the molecule is NC(=NCC1CC1c1ccccc1)NC1CCOc2ccccc21. The monoisotopic (exact) mass is 321 g/mol. The molecule has 3 N–H and O–H groups in total. The van der Waals surface area contributed by atoms with Crippen LogP contribution in [0.3, 0.4) is 0 Å². The molecule has 2 aliphatic rings. The number of nitrogens with two attached hydrogens (primary N) is 1. The van der Waals surface area contributed by atoms with Crippen LogP contribution in [0.25, 0.3) is 0 Å². The minimum absolute atomic E-state index is 0.183. The van der Waals surface area contributed by atoms with Crippen molar-refractivity contribution in [2.45, 2.75) is 24.8 Å². The van der Waals surface area contributed by atoms with Gasteiger partial charge in [-0.25, -0.2) is 0 Å². The standard InChI is InChI=1S/C20H23N3O/c21-20(22-13-15-12-17(15)14-6-2-1-3-7-14)23-18-10-11-24-19-9-5-4-8-16(18)19/h1-9,15,17-18H,10-13H2,(H3,21,22,23). The molecular weight excluding hydrogens is 298 g/mol. The van der Waals surface area contributed by atoms with Crippen molar-refractivity contribution in [3.8, 4) is 5.75 Å². The number of rotatable bonds is 4. The first-order valence-corrected chi connectivity index (χ1v) is 8.64. The van der Waals surface area contributed by atoms with E-state index < -0.39 is 0 Å². The van der Waals surface area contributed by atoms with Gasteiger partial charge in [-0.2, -0.15) is 0 Å². The fourth-order valence-electron chi connectivity index (χ4n) is 3.49. The van der Waals surface area contributed by atoms with E-state index in [0.717, 1.165) is 24.3 Å². The van der Waals surface area contributed by atoms with Gasteiger partial charge in [0, 0.05) is 18.5 Å². The molecule has 0 radical (unpaired) electrons. The number of benzene rings is 2. The van der Waals surface area contributed by atoms with Gasteiger partial charge in [0.25, 0.3) is 0 Å². The molecule has 1 heterocycles. The number of aliphatic imine (C=N–C) groups is 1. The number of guanidine groups is 1. The van der Waals surface area contributed by atoms with Crippen LogP contribution in [0.4, 0.5) is 0 Å². The fraction of sp³-hybridized carbons (Fsp3) is 0.350. The lowest BCUT2D eigenvalue weighted by Gasteiger charge is -2.26. The van der Waals surface area contributed by atoms with Crippen LogP contribution in [0.5, 0.6) is 5.75 Å². The van der Waals surface area contributed by atoms with Gasteiger partial charge in [0.2, 0.25) is 0 Å². The molecule has 0 spiro atoms. The summed E-state index contributed by atoms with van der Waals surface area (Å²) in [5, 5.41) is 3.36. The summed E-state index contributed by atoms with van der Waals surface area (Å²) in [5.74, 6) is 2.75. The Balaban J connectivity index is 1.34. The maximum Gasteiger partial charge on any atom is 0.189 e. The average molecular weight is 321 g/mol. The van der Waals surface area contributed by atoms with Gasteiger partial charge in [-0.1, -0.05) is 48.5 Å². The Kier molecular flexibility index (Phi) is 4.11. The zero-order valence-corrected chi connectivity index (χ0v) is 13.7. The van der Waals surface area contributed by atoms with Crippen LogP contribution in [0, 0.1) is 5.92 Å². The summed E-state index contributed by atoms with van der Waals surface area (Å²) in [6.45, 7) is 1.50. The second-order valence-electron chi connectivity index (χ2n) is 6.61. The van der Waals surface area contributed by atoms with Crippen LogP contribution in [-0.4, -0.2) is 19.1 Å². The van der Waals surface area contributed by atoms with E-state index in [1.54, 1.807) is 0 Å². The van der Waals surface area contributed by atoms with E-state index in [-0.39, 0.29) is 6.04 Å². The van der Waals surface area contributed by atoms with Crippen molar-refractivity contribution in [3.63, 3.8) is 0 Å². The highest BCUT2D eigenvalue weighted by atomic mass is 16.5. The van der Waals surface area contributed by atoms with E-state index in [1.807, 2.05) is 18.2 Å². The van der Waals surface area contributed by atoms with Crippen molar-refractivity contribution in [1.82, 2.24) is 5.32 Å². The third-order valence-corrected chi connectivity index (χ3v) is 4.93. The van der Waals surface area contributed by atoms with Crippen molar-refractivity contribution in [2.75, 3.05) is 13.2 Å². The zero-order valence-electron chi connectivity index (χ0n) is 13.7. The Bertz CT molecular complexity index is 729. The number of hydrogen-bond acceptors (Lipinski definition) is 2. The Morgan fingerprint density at radius 2 is 1.92 bits per heavy atom. The molecule has 3 atom stereocenters. The lowest BCUT2D eigenvalue weighted by atomic mass is 10.0. The Hall–Kier alpha value is -2.49. The maximum absolute atomic E-state index is 6.12. The van der Waals surface area contributed by atoms with Crippen molar-refractivity contribution in [1.29, 1.82) is 0 Å². The predicted octanol–water partition coefficient (Wildman–Crippen LogP) is 3.22. The minimum atomic E-state index is 0.183. The summed E-state index contributed by atoms with van der Waals surface area (Å²) in [7, 11) is 0. The zero-order chi connectivity index (χ0) is 16.4. The number of nitrogens with one attached hydrogen (secondary N) is 1. The van der Waals surface area contributed by atoms with E-state index in [0.29, 0.717) is 24.4 Å². The smallest absolute Gasteiger partial charge is 0.189 e. The first-order valence-electron chi connectivity index (χ1n) is 8.64. The van der Waals surface area contributed by atoms with Crippen LogP contribution in [0.15, 0.2) is 59.6 Å². The van der Waals surface area contributed by atoms with Gasteiger partial charge < -0.3 is 15.8 Å². The van der Waals surface area contributed by atoms with Gasteiger partial charge in [-0.3, -0.25) is 4.99 Å². The highest BCUT2D eigenvalue weighted by Crippen LogP contribution is 2.47. The van der Waals surface area contributed by atoms with Gasteiger partial charge in [0.15, 0.2) is 5.96 Å². The molecule has 0 amide bonds. The molecule has 124 valence electrons. The van der Waals surface area contributed by atoms with Crippen LogP contribution in [0.1, 0.15) is 35.9 Å². The molecular formula is C20H23N3O. The van der Waals surface area contributed by atoms with Crippen molar-refractivity contribution >= 4 is 5.96 Å². The second kappa shape index (κ2) is 6.56. The quantitative estimate of drug-likeness (QED) is 0.671. The normalized spacial score (nSPS) is 25.5. The van der Waals surface area contributed by atoms with Crippen molar-refractivity contribution < 1.29 is 4.74 Å². The number of para-hydroxylation sites is 1. The molecule has 0 aromatic heterocycles. The second-order valence-corrected chi connectivity index (χ2v) is 6.61. The van der Waals surface area contributed by atoms with E-state index >= 15 is 0 Å². The highest BCUT2D eigenvalue weighted by Gasteiger charge is 2.37. The molecule has 4 rings (SSSR count). The maximum atomic E-state index is 6.12. The molecule has 1 aliphatic heterocycles. The molecule has 0 saturated heterocycles. The summed E-state index contributed by atoms with van der Waals surface area (Å²) in [6, 6.07) is 19.0. The number of fused-ring (bicyclic) bond motifs is 1. The highest BCUT2D eigenvalue weighted by molar-refractivity contribution is 5.78. The molecule has 2 aromatic carbocycles. The molecule has 0 bridgehead atoms. The van der Waals surface area contributed by atoms with Crippen LogP contribution in [-0.2, 0) is 0 Å². The Morgan fingerprint density at radius 3 is 2.79 bits per heavy atom. The van der Waals surface area contributed by atoms with Crippen molar-refractivity contribution in [3.05, 3.63) is 65.7 Å². The average Bonchev–Trinajstić information content (AvgIpc) is 3.41. The van der Waals surface area contributed by atoms with Crippen LogP contribution in [0.2, 0.25) is 0 Å². The topological polar surface area (TPSA) is 59.6 Å². The summed E-state index contributed by atoms with van der Waals surface area (Å²) in [5.41, 5.74) is 8.70. The molecule has 1 saturated carbocycles. The Labute approximate surface area is 142 Å². The third kappa shape index (κ3) is 3.23. The number of nitrogens with zero attached hydrogens (tertiary/aromatic N) is 1. The fourth-order valence-corrected chi connectivity index (χ4v) is 3.49. The first-order chi connectivity index (χ1) is 11.8. The molecule has 4 nitrogen and oxygen atoms in total. The first kappa shape index (κ1) is 15.1. The summed E-state index contributed by atoms with van der Waals surface area (Å²) in [4.78, 5) is 4.57. The van der Waals surface area contributed by atoms with Gasteiger partial charge in [-0.15, -0.1) is 0 Å². The molecule has 1 fully saturated rings. The van der Waals surface area contributed by atoms with Gasteiger partial charge >= 0.3 is 0 Å². The van der Waals surface area contributed by atoms with E-state index in [1.165, 1.54) is 12.0 Å². The number of ether oxygens (including phenoxy) is 1. The van der Waals surface area contributed by atoms with Crippen molar-refractivity contribution in [2.24, 2.45) is 16.6 Å². The third-order valence-electron chi connectivity index (χ3n) is 4.93. The summed E-state index contributed by atoms with van der Waals surface area (Å²) in [6.07, 6.45) is 2.12. The number of hydrogen-bond donors (Lipinski definition) is 2. The molecule has 2 aromatic rings. The predicted molar refractivity (Wildman–Crippen MR) is 96.2 cm³/mol. The molecule has 24 heavy (non-hydrogen) atoms. The van der Waals surface area contributed by atoms with Crippen LogP contribution < -0.4 is 15.8 Å². The Morgan fingerprint density at radius 1 is 1.12 bits per heavy atom. The minimum Gasteiger partial charge on any atom is -0.493 e. The molecule has 1 aliphatic carbocycles. The van der Waals surface area contributed by atoms with Gasteiger partial charge in [-0.05, 0) is 29.9 Å². The summed E-state index contributed by atoms with van der Waals surface area (Å²) >= 11 is 0. The van der Waals surface area contributed by atoms with Gasteiger partial charge in [0.1, 0.15) is 5.75 Å². The van der Waals surface area contributed by atoms with Gasteiger partial charge in [0.05, 0.1) is 12.6 Å². The lowest BCUT2D eigenvalue weighted by Crippen LogP contribution is -2.37. The van der Waals surface area contributed by atoms with Crippen LogP contribution >= 0.6 is 0 Å². The van der Waals surface area contributed by atoms with E-state index in [2.05, 4.69) is 46.7 Å². The largest absolute Gasteiger partial charge is 0.493 e. The molecule has 3 unspecified atom stereocenters. The molecule has 4 heteroatoms. The van der Waals surface area contributed by atoms with E-state index in [9.17, 15) is 0 Å². The summed E-state index contributed by atoms with van der Waals surface area (Å²) < 4.78 is 5.69. The lowest BCUT2D eigenvalue weighted by molar-refractivity contribution is 0.262.